The molecule has 0 atom stereocenters. The van der Waals surface area contributed by atoms with Crippen LogP contribution < -0.4 is 0 Å². The van der Waals surface area contributed by atoms with Crippen LogP contribution >= 0.6 is 0 Å². The summed E-state index contributed by atoms with van der Waals surface area (Å²) in [5, 5.41) is 0. The Hall–Kier alpha value is 0.130. The molecule has 1 fully saturated rings. The maximum absolute atomic E-state index is 2.48. The molecule has 0 unspecified atom stereocenters. The lowest BCUT2D eigenvalue weighted by Crippen LogP contribution is -1.91. The Morgan fingerprint density at radius 1 is 1.33 bits per heavy atom. The van der Waals surface area contributed by atoms with E-state index in [2.05, 4.69) is 21.5 Å². The molecule has 0 aromatic carbocycles. The average Bonchev–Trinajstić information content (AvgIpc) is 2.63. The normalized spacial score (nSPS) is 17.4. The van der Waals surface area contributed by atoms with Gasteiger partial charge in [-0.05, 0) is 0 Å². The van der Waals surface area contributed by atoms with Crippen molar-refractivity contribution in [1.29, 1.82) is 0 Å². The molecule has 0 nitrogen and oxygen atoms in total. The summed E-state index contributed by atoms with van der Waals surface area (Å²) in [5.41, 5.74) is 0. The van der Waals surface area contributed by atoms with Crippen LogP contribution in [-0.2, 0) is 0 Å². The fourth-order valence-corrected chi connectivity index (χ4v) is 0.986. The van der Waals surface area contributed by atoms with Crippen LogP contribution in [0.25, 0.3) is 0 Å². The summed E-state index contributed by atoms with van der Waals surface area (Å²) in [4.78, 5) is 0. The highest BCUT2D eigenvalue weighted by molar-refractivity contribution is 6.43. The van der Waals surface area contributed by atoms with E-state index in [1.165, 1.54) is 31.8 Å². The van der Waals surface area contributed by atoms with Crippen LogP contribution in [0.3, 0.4) is 0 Å². The van der Waals surface area contributed by atoms with E-state index in [0.717, 1.165) is 5.82 Å². The zero-order valence-corrected chi connectivity index (χ0v) is 6.27. The van der Waals surface area contributed by atoms with Gasteiger partial charge in [-0.15, -0.1) is 0 Å². The third kappa shape index (κ3) is 3.66. The molecule has 9 heavy (non-hydrogen) atoms. The maximum Gasteiger partial charge on any atom is 0.112 e. The summed E-state index contributed by atoms with van der Waals surface area (Å²) in [6, 6.07) is 0. The van der Waals surface area contributed by atoms with Crippen LogP contribution in [0.2, 0.25) is 24.8 Å². The lowest BCUT2D eigenvalue weighted by molar-refractivity contribution is 1.30. The minimum Gasteiger partial charge on any atom is -0.0871 e. The number of rotatable bonds is 5. The molecule has 0 N–H and O–H groups in total. The van der Waals surface area contributed by atoms with Gasteiger partial charge in [-0.3, -0.25) is 0 Å². The fraction of sp³-hybridized carbons (Fsp3) is 1.00. The Labute approximate surface area is 59.9 Å². The summed E-state index contributed by atoms with van der Waals surface area (Å²) >= 11 is 0. The largest absolute Gasteiger partial charge is 0.112 e. The number of hydrogen-bond acceptors (Lipinski definition) is 0. The third-order valence-corrected chi connectivity index (χ3v) is 1.78. The van der Waals surface area contributed by atoms with Crippen molar-refractivity contribution in [1.82, 2.24) is 0 Å². The fourth-order valence-electron chi connectivity index (χ4n) is 0.986. The Morgan fingerprint density at radius 3 is 2.67 bits per heavy atom. The van der Waals surface area contributed by atoms with Crippen molar-refractivity contribution in [2.45, 2.75) is 44.5 Å². The first kappa shape index (κ1) is 7.24. The first-order chi connectivity index (χ1) is 4.43. The quantitative estimate of drug-likeness (QED) is 0.385. The van der Waals surface area contributed by atoms with Gasteiger partial charge in [-0.25, -0.2) is 0 Å². The molecule has 0 aromatic heterocycles. The third-order valence-electron chi connectivity index (χ3n) is 1.78. The van der Waals surface area contributed by atoms with Crippen LogP contribution in [0.1, 0.15) is 19.8 Å². The molecular weight excluding hydrogens is 106 g/mol. The molecule has 1 saturated carbocycles. The van der Waals surface area contributed by atoms with E-state index < -0.39 is 0 Å². The highest BCUT2D eigenvalue weighted by Crippen LogP contribution is 2.35. The summed E-state index contributed by atoms with van der Waals surface area (Å²) in [6.07, 6.45) is 6.78. The van der Waals surface area contributed by atoms with Gasteiger partial charge in [0, 0.05) is 0 Å². The minimum atomic E-state index is 1.01. The van der Waals surface area contributed by atoms with Crippen LogP contribution in [0.15, 0.2) is 0 Å². The van der Waals surface area contributed by atoms with Gasteiger partial charge >= 0.3 is 0 Å². The Bertz CT molecular complexity index is 69.3. The molecule has 0 saturated heterocycles. The molecule has 0 aromatic rings. The van der Waals surface area contributed by atoms with Gasteiger partial charge in [0.05, 0.1) is 0 Å². The van der Waals surface area contributed by atoms with Crippen LogP contribution in [0, 0.1) is 0 Å². The molecule has 0 spiro atoms. The first-order valence-corrected chi connectivity index (χ1v) is 4.08. The van der Waals surface area contributed by atoms with Crippen molar-refractivity contribution in [2.75, 3.05) is 0 Å². The molecular formula is C7H14B2. The second kappa shape index (κ2) is 4.03. The van der Waals surface area contributed by atoms with E-state index in [0.29, 0.717) is 0 Å². The molecule has 1 aliphatic carbocycles. The van der Waals surface area contributed by atoms with Crippen LogP contribution in [0.4, 0.5) is 0 Å². The van der Waals surface area contributed by atoms with Crippen LogP contribution in [-0.4, -0.2) is 14.6 Å². The number of hydrogen-bond donors (Lipinski definition) is 0. The lowest BCUT2D eigenvalue weighted by atomic mass is 9.59. The van der Waals surface area contributed by atoms with Gasteiger partial charge in [0.2, 0.25) is 0 Å². The SMILES string of the molecule is CC[B]CC[B]C1CC1. The van der Waals surface area contributed by atoms with E-state index in [1.54, 1.807) is 0 Å². The molecule has 0 bridgehead atoms. The van der Waals surface area contributed by atoms with Crippen molar-refractivity contribution >= 4 is 14.6 Å². The van der Waals surface area contributed by atoms with E-state index in [1.807, 2.05) is 0 Å². The molecule has 2 heteroatoms. The molecule has 1 aliphatic rings. The topological polar surface area (TPSA) is 0 Å². The molecule has 0 aliphatic heterocycles. The van der Waals surface area contributed by atoms with Crippen molar-refractivity contribution in [3.05, 3.63) is 0 Å². The lowest BCUT2D eigenvalue weighted by Gasteiger charge is -1.92. The highest BCUT2D eigenvalue weighted by Gasteiger charge is 2.20. The van der Waals surface area contributed by atoms with Crippen molar-refractivity contribution in [3.63, 3.8) is 0 Å². The molecule has 2 radical (unpaired) electrons. The van der Waals surface area contributed by atoms with Crippen molar-refractivity contribution < 1.29 is 0 Å². The average molecular weight is 120 g/mol. The van der Waals surface area contributed by atoms with E-state index in [-0.39, 0.29) is 0 Å². The van der Waals surface area contributed by atoms with E-state index >= 15 is 0 Å². The first-order valence-electron chi connectivity index (χ1n) is 4.08. The smallest absolute Gasteiger partial charge is 0.0871 e. The van der Waals surface area contributed by atoms with Gasteiger partial charge in [-0.2, -0.15) is 0 Å². The Balaban J connectivity index is 1.71. The van der Waals surface area contributed by atoms with Gasteiger partial charge in [0.1, 0.15) is 14.6 Å². The second-order valence-corrected chi connectivity index (χ2v) is 2.85. The molecule has 1 rings (SSSR count). The summed E-state index contributed by atoms with van der Waals surface area (Å²) in [7, 11) is 4.84. The Kier molecular flexibility index (Phi) is 3.24. The summed E-state index contributed by atoms with van der Waals surface area (Å²) in [6.45, 7) is 2.21. The predicted molar refractivity (Wildman–Crippen MR) is 44.6 cm³/mol. The Morgan fingerprint density at radius 2 is 2.11 bits per heavy atom. The standard InChI is InChI=1S/C7H14B2/c1-2-8-5-6-9-7-3-4-7/h7H,2-6H2,1H3. The highest BCUT2D eigenvalue weighted by atomic mass is 14.1. The summed E-state index contributed by atoms with van der Waals surface area (Å²) < 4.78 is 0. The van der Waals surface area contributed by atoms with Gasteiger partial charge in [0.15, 0.2) is 0 Å². The molecule has 0 heterocycles. The van der Waals surface area contributed by atoms with Crippen molar-refractivity contribution in [3.8, 4) is 0 Å². The van der Waals surface area contributed by atoms with E-state index in [4.69, 9.17) is 0 Å². The van der Waals surface area contributed by atoms with Gasteiger partial charge in [-0.1, -0.05) is 44.5 Å². The van der Waals surface area contributed by atoms with Gasteiger partial charge in [0.25, 0.3) is 0 Å². The maximum atomic E-state index is 2.48. The monoisotopic (exact) mass is 120 g/mol. The minimum absolute atomic E-state index is 1.01. The van der Waals surface area contributed by atoms with Crippen LogP contribution in [0.5, 0.6) is 0 Å². The second-order valence-electron chi connectivity index (χ2n) is 2.85. The predicted octanol–water partition coefficient (Wildman–Crippen LogP) is 2.25. The summed E-state index contributed by atoms with van der Waals surface area (Å²) in [5.74, 6) is 1.01. The molecule has 0 amide bonds. The zero-order chi connectivity index (χ0) is 6.53. The zero-order valence-electron chi connectivity index (χ0n) is 6.27. The van der Waals surface area contributed by atoms with Crippen molar-refractivity contribution in [2.24, 2.45) is 0 Å². The molecule has 48 valence electrons. The van der Waals surface area contributed by atoms with E-state index in [9.17, 15) is 0 Å². The van der Waals surface area contributed by atoms with Gasteiger partial charge < -0.3 is 0 Å².